The number of allylic oxidation sites excluding steroid dienone is 2. The second-order valence-corrected chi connectivity index (χ2v) is 19.6. The first-order valence-electron chi connectivity index (χ1n) is 26.7. The van der Waals surface area contributed by atoms with Crippen molar-refractivity contribution in [1.29, 1.82) is 0 Å². The molecule has 0 aromatic carbocycles. The molecule has 0 aliphatic carbocycles. The molecule has 0 bridgehead atoms. The summed E-state index contributed by atoms with van der Waals surface area (Å²) in [7, 11) is -4.38. The minimum atomic E-state index is -4.38. The van der Waals surface area contributed by atoms with Crippen molar-refractivity contribution in [1.82, 2.24) is 0 Å². The zero-order valence-electron chi connectivity index (χ0n) is 40.9. The number of rotatable bonds is 51. The van der Waals surface area contributed by atoms with Gasteiger partial charge in [-0.25, -0.2) is 4.57 Å². The fraction of sp³-hybridized carbons (Fsp3) is 0.923. The Labute approximate surface area is 383 Å². The van der Waals surface area contributed by atoms with Crippen LogP contribution in [0.5, 0.6) is 0 Å². The van der Waals surface area contributed by atoms with Crippen LogP contribution < -0.4 is 5.73 Å². The van der Waals surface area contributed by atoms with Crippen LogP contribution in [0.2, 0.25) is 0 Å². The van der Waals surface area contributed by atoms with E-state index in [1.165, 1.54) is 193 Å². The summed E-state index contributed by atoms with van der Waals surface area (Å²) in [4.78, 5) is 35.0. The Morgan fingerprint density at radius 3 is 1.15 bits per heavy atom. The predicted octanol–water partition coefficient (Wildman–Crippen LogP) is 16.1. The van der Waals surface area contributed by atoms with Gasteiger partial charge < -0.3 is 20.1 Å². The lowest BCUT2D eigenvalue weighted by molar-refractivity contribution is -0.161. The van der Waals surface area contributed by atoms with E-state index in [1.807, 2.05) is 0 Å². The Bertz CT molecular complexity index is 1030. The molecule has 368 valence electrons. The van der Waals surface area contributed by atoms with Crippen molar-refractivity contribution in [2.75, 3.05) is 26.4 Å². The third-order valence-corrected chi connectivity index (χ3v) is 12.9. The molecule has 0 aromatic heterocycles. The summed E-state index contributed by atoms with van der Waals surface area (Å²) in [5.41, 5.74) is 5.36. The van der Waals surface area contributed by atoms with Crippen molar-refractivity contribution in [3.8, 4) is 0 Å². The van der Waals surface area contributed by atoms with Crippen molar-refractivity contribution in [2.24, 2.45) is 5.73 Å². The summed E-state index contributed by atoms with van der Waals surface area (Å²) in [5.74, 6) is -0.822. The van der Waals surface area contributed by atoms with Gasteiger partial charge in [0.05, 0.1) is 13.2 Å². The summed E-state index contributed by atoms with van der Waals surface area (Å²) in [5, 5.41) is 0. The van der Waals surface area contributed by atoms with E-state index in [0.29, 0.717) is 6.42 Å². The molecule has 3 N–H and O–H groups in total. The Kier molecular flexibility index (Phi) is 48.2. The minimum absolute atomic E-state index is 0.0551. The van der Waals surface area contributed by atoms with Crippen molar-refractivity contribution in [2.45, 2.75) is 283 Å². The molecule has 0 spiro atoms. The lowest BCUT2D eigenvalue weighted by Crippen LogP contribution is -2.29. The van der Waals surface area contributed by atoms with Gasteiger partial charge in [0.2, 0.25) is 0 Å². The summed E-state index contributed by atoms with van der Waals surface area (Å²) in [6.45, 7) is 3.77. The highest BCUT2D eigenvalue weighted by Crippen LogP contribution is 2.43. The second kappa shape index (κ2) is 49.2. The van der Waals surface area contributed by atoms with Gasteiger partial charge in [-0.15, -0.1) is 0 Å². The normalized spacial score (nSPS) is 13.2. The highest BCUT2D eigenvalue weighted by Gasteiger charge is 2.26. The van der Waals surface area contributed by atoms with Gasteiger partial charge >= 0.3 is 19.8 Å². The highest BCUT2D eigenvalue weighted by atomic mass is 31.2. The molecule has 2 unspecified atom stereocenters. The van der Waals surface area contributed by atoms with Crippen molar-refractivity contribution in [3.05, 3.63) is 12.2 Å². The van der Waals surface area contributed by atoms with Crippen LogP contribution in [0.25, 0.3) is 0 Å². The third-order valence-electron chi connectivity index (χ3n) is 11.9. The Morgan fingerprint density at radius 1 is 0.468 bits per heavy atom. The van der Waals surface area contributed by atoms with Crippen LogP contribution in [0.4, 0.5) is 0 Å². The standard InChI is InChI=1S/C52H102NO8P/c1-3-5-7-9-11-13-15-17-19-20-21-22-23-24-25-26-27-28-29-30-31-33-34-36-38-40-42-44-51(54)58-48-50(49-60-62(56,57)59-47-46-53)61-52(55)45-43-41-39-37-35-32-18-16-14-12-10-8-6-4-2/h16,18,50H,3-15,17,19-49,53H2,1-2H3,(H,56,57)/b18-16-. The summed E-state index contributed by atoms with van der Waals surface area (Å²) < 4.78 is 32.9. The molecule has 62 heavy (non-hydrogen) atoms. The van der Waals surface area contributed by atoms with Crippen LogP contribution in [0.1, 0.15) is 277 Å². The number of nitrogens with two attached hydrogens (primary N) is 1. The Hall–Kier alpha value is -1.25. The molecule has 0 fully saturated rings. The molecule has 0 heterocycles. The molecule has 9 nitrogen and oxygen atoms in total. The zero-order valence-corrected chi connectivity index (χ0v) is 41.8. The van der Waals surface area contributed by atoms with Crippen molar-refractivity contribution >= 4 is 19.8 Å². The minimum Gasteiger partial charge on any atom is -0.462 e. The van der Waals surface area contributed by atoms with E-state index < -0.39 is 26.5 Å². The van der Waals surface area contributed by atoms with Gasteiger partial charge in [0, 0.05) is 19.4 Å². The molecule has 10 heteroatoms. The molecule has 0 saturated heterocycles. The van der Waals surface area contributed by atoms with Crippen LogP contribution in [0.3, 0.4) is 0 Å². The van der Waals surface area contributed by atoms with Gasteiger partial charge in [-0.1, -0.05) is 238 Å². The number of phosphoric ester groups is 1. The van der Waals surface area contributed by atoms with E-state index in [0.717, 1.165) is 51.4 Å². The van der Waals surface area contributed by atoms with Gasteiger partial charge in [0.1, 0.15) is 6.61 Å². The monoisotopic (exact) mass is 900 g/mol. The number of ether oxygens (including phenoxy) is 2. The van der Waals surface area contributed by atoms with Gasteiger partial charge in [-0.05, 0) is 38.5 Å². The molecular formula is C52H102NO8P. The van der Waals surface area contributed by atoms with Gasteiger partial charge in [0.25, 0.3) is 0 Å². The van der Waals surface area contributed by atoms with Gasteiger partial charge in [-0.3, -0.25) is 18.6 Å². The number of hydrogen-bond acceptors (Lipinski definition) is 8. The predicted molar refractivity (Wildman–Crippen MR) is 261 cm³/mol. The zero-order chi connectivity index (χ0) is 45.3. The largest absolute Gasteiger partial charge is 0.472 e. The fourth-order valence-electron chi connectivity index (χ4n) is 7.93. The number of carbonyl (C=O) groups excluding carboxylic acids is 2. The van der Waals surface area contributed by atoms with Crippen molar-refractivity contribution in [3.63, 3.8) is 0 Å². The van der Waals surface area contributed by atoms with E-state index >= 15 is 0 Å². The first-order chi connectivity index (χ1) is 30.3. The van der Waals surface area contributed by atoms with Gasteiger partial charge in [-0.2, -0.15) is 0 Å². The van der Waals surface area contributed by atoms with E-state index in [1.54, 1.807) is 0 Å². The molecule has 0 rings (SSSR count). The average molecular weight is 900 g/mol. The molecule has 0 amide bonds. The first-order valence-corrected chi connectivity index (χ1v) is 28.2. The second-order valence-electron chi connectivity index (χ2n) is 18.1. The quantitative estimate of drug-likeness (QED) is 0.0265. The van der Waals surface area contributed by atoms with Crippen molar-refractivity contribution < 1.29 is 37.6 Å². The maximum absolute atomic E-state index is 12.6. The van der Waals surface area contributed by atoms with Gasteiger partial charge in [0.15, 0.2) is 6.10 Å². The van der Waals surface area contributed by atoms with Crippen LogP contribution in [-0.2, 0) is 32.7 Å². The summed E-state index contributed by atoms with van der Waals surface area (Å²) in [6.07, 6.45) is 54.1. The van der Waals surface area contributed by atoms with E-state index in [9.17, 15) is 19.0 Å². The van der Waals surface area contributed by atoms with Crippen LogP contribution >= 0.6 is 7.82 Å². The summed E-state index contributed by atoms with van der Waals surface area (Å²) in [6, 6.07) is 0. The lowest BCUT2D eigenvalue weighted by atomic mass is 10.0. The van der Waals surface area contributed by atoms with E-state index in [2.05, 4.69) is 26.0 Å². The summed E-state index contributed by atoms with van der Waals surface area (Å²) >= 11 is 0. The first kappa shape index (κ1) is 60.8. The molecule has 0 aromatic rings. The number of esters is 2. The molecule has 2 atom stereocenters. The number of hydrogen-bond donors (Lipinski definition) is 2. The lowest BCUT2D eigenvalue weighted by Gasteiger charge is -2.19. The molecule has 0 aliphatic rings. The maximum atomic E-state index is 12.6. The van der Waals surface area contributed by atoms with Crippen LogP contribution in [0.15, 0.2) is 12.2 Å². The fourth-order valence-corrected chi connectivity index (χ4v) is 8.69. The Balaban J connectivity index is 3.89. The highest BCUT2D eigenvalue weighted by molar-refractivity contribution is 7.47. The SMILES string of the molecule is CCCCCCC/C=C\CCCCCCCC(=O)OC(COC(=O)CCCCCCCCCCCCCCCCCCCCCCCCCCCCC)COP(=O)(O)OCCN. The smallest absolute Gasteiger partial charge is 0.462 e. The van der Waals surface area contributed by atoms with Crippen LogP contribution in [-0.4, -0.2) is 49.3 Å². The average Bonchev–Trinajstić information content (AvgIpc) is 3.26. The van der Waals surface area contributed by atoms with E-state index in [-0.39, 0.29) is 38.6 Å². The number of phosphoric acid groups is 1. The Morgan fingerprint density at radius 2 is 0.790 bits per heavy atom. The number of carbonyl (C=O) groups is 2. The molecule has 0 aliphatic heterocycles. The maximum Gasteiger partial charge on any atom is 0.472 e. The third kappa shape index (κ3) is 48.2. The molecular weight excluding hydrogens is 798 g/mol. The van der Waals surface area contributed by atoms with E-state index in [4.69, 9.17) is 24.3 Å². The molecule has 0 saturated carbocycles. The molecule has 0 radical (unpaired) electrons. The van der Waals surface area contributed by atoms with Crippen LogP contribution in [0, 0.1) is 0 Å². The topological polar surface area (TPSA) is 134 Å². The number of unbranched alkanes of at least 4 members (excludes halogenated alkanes) is 36.